The number of rotatable bonds is 7. The maximum absolute atomic E-state index is 4.83. The van der Waals surface area contributed by atoms with Crippen molar-refractivity contribution in [2.45, 2.75) is 71.6 Å². The highest BCUT2D eigenvalue weighted by atomic mass is 14.7. The Hall–Kier alpha value is -2.85. The normalized spacial score (nSPS) is 18.5. The van der Waals surface area contributed by atoms with E-state index >= 15 is 0 Å². The van der Waals surface area contributed by atoms with Crippen LogP contribution in [0.5, 0.6) is 0 Å². The summed E-state index contributed by atoms with van der Waals surface area (Å²) >= 11 is 0. The summed E-state index contributed by atoms with van der Waals surface area (Å²) in [6, 6.07) is 19.3. The van der Waals surface area contributed by atoms with E-state index in [0.717, 1.165) is 44.2 Å². The molecule has 3 rings (SSSR count). The van der Waals surface area contributed by atoms with Crippen LogP contribution >= 0.6 is 0 Å². The second-order valence-electron chi connectivity index (χ2n) is 8.99. The molecule has 0 spiro atoms. The Morgan fingerprint density at radius 2 is 1.75 bits per heavy atom. The first-order valence-electron chi connectivity index (χ1n) is 12.1. The maximum Gasteiger partial charge on any atom is 0.0375 e. The van der Waals surface area contributed by atoms with Gasteiger partial charge >= 0.3 is 0 Å². The van der Waals surface area contributed by atoms with Crippen LogP contribution in [0.1, 0.15) is 69.1 Å². The molecule has 1 aliphatic carbocycles. The summed E-state index contributed by atoms with van der Waals surface area (Å²) in [6.07, 6.45) is 12.1. The molecule has 1 nitrogen and oxygen atoms in total. The number of benzene rings is 2. The molecule has 0 saturated heterocycles. The van der Waals surface area contributed by atoms with Gasteiger partial charge in [-0.05, 0) is 80.1 Å². The number of allylic oxidation sites excluding steroid dienone is 3. The van der Waals surface area contributed by atoms with Crippen LogP contribution in [0.15, 0.2) is 83.5 Å². The molecular formula is C31H37N. The Balaban J connectivity index is 1.46. The molecule has 0 radical (unpaired) electrons. The first kappa shape index (κ1) is 23.8. The summed E-state index contributed by atoms with van der Waals surface area (Å²) in [5, 5.41) is 0. The Morgan fingerprint density at radius 3 is 2.50 bits per heavy atom. The average Bonchev–Trinajstić information content (AvgIpc) is 2.78. The highest BCUT2D eigenvalue weighted by Crippen LogP contribution is 2.25. The van der Waals surface area contributed by atoms with E-state index in [2.05, 4.69) is 92.9 Å². The summed E-state index contributed by atoms with van der Waals surface area (Å²) in [7, 11) is 0. The van der Waals surface area contributed by atoms with Crippen molar-refractivity contribution in [3.63, 3.8) is 0 Å². The number of hydrogen-bond donors (Lipinski definition) is 0. The predicted molar refractivity (Wildman–Crippen MR) is 139 cm³/mol. The van der Waals surface area contributed by atoms with E-state index in [1.54, 1.807) is 0 Å². The van der Waals surface area contributed by atoms with E-state index in [9.17, 15) is 0 Å². The first-order valence-corrected chi connectivity index (χ1v) is 12.1. The van der Waals surface area contributed by atoms with Gasteiger partial charge in [0.25, 0.3) is 0 Å². The zero-order valence-corrected chi connectivity index (χ0v) is 19.9. The van der Waals surface area contributed by atoms with Crippen LogP contribution < -0.4 is 0 Å². The Kier molecular flexibility index (Phi) is 9.58. The van der Waals surface area contributed by atoms with Crippen molar-refractivity contribution in [2.24, 2.45) is 10.9 Å². The molecule has 2 aromatic carbocycles. The van der Waals surface area contributed by atoms with Crippen molar-refractivity contribution in [3.05, 3.63) is 95.2 Å². The fourth-order valence-corrected chi connectivity index (χ4v) is 4.40. The molecule has 0 fully saturated rings. The molecule has 1 atom stereocenters. The Labute approximate surface area is 195 Å². The highest BCUT2D eigenvalue weighted by Gasteiger charge is 2.13. The zero-order chi connectivity index (χ0) is 22.6. The molecule has 0 N–H and O–H groups in total. The van der Waals surface area contributed by atoms with E-state index in [-0.39, 0.29) is 0 Å². The van der Waals surface area contributed by atoms with Crippen LogP contribution in [0.2, 0.25) is 0 Å². The third-order valence-electron chi connectivity index (χ3n) is 6.18. The van der Waals surface area contributed by atoms with Gasteiger partial charge in [-0.15, -0.1) is 0 Å². The number of nitrogens with zero attached hydrogens (tertiary/aromatic N) is 1. The minimum absolute atomic E-state index is 0.713. The highest BCUT2D eigenvalue weighted by molar-refractivity contribution is 5.83. The van der Waals surface area contributed by atoms with Gasteiger partial charge in [0.15, 0.2) is 0 Å². The molecule has 2 aromatic rings. The maximum atomic E-state index is 4.83. The number of hydrogen-bond acceptors (Lipinski definition) is 1. The van der Waals surface area contributed by atoms with E-state index in [1.165, 1.54) is 47.2 Å². The van der Waals surface area contributed by atoms with Crippen LogP contribution in [0.25, 0.3) is 0 Å². The quantitative estimate of drug-likeness (QED) is 0.317. The van der Waals surface area contributed by atoms with Gasteiger partial charge in [0.05, 0.1) is 0 Å². The topological polar surface area (TPSA) is 12.4 Å². The zero-order valence-electron chi connectivity index (χ0n) is 19.9. The first-order chi connectivity index (χ1) is 15.6. The molecular weight excluding hydrogens is 386 g/mol. The smallest absolute Gasteiger partial charge is 0.0375 e. The van der Waals surface area contributed by atoms with E-state index in [1.807, 2.05) is 0 Å². The summed E-state index contributed by atoms with van der Waals surface area (Å²) < 4.78 is 0. The molecule has 1 aliphatic rings. The average molecular weight is 424 g/mol. The van der Waals surface area contributed by atoms with Crippen molar-refractivity contribution in [2.75, 3.05) is 0 Å². The van der Waals surface area contributed by atoms with Crippen LogP contribution in [-0.4, -0.2) is 5.71 Å². The standard InChI is InChI=1S/C31H37N/c1-4-27-19-21-31(22-20-27)24-26(3)32-25(2)23-30-17-9-15-29(16-10-18-30)14-8-13-28-11-6-5-7-12-28/h5-7,11-12,15,19-22,30H,3-4,9-10,13,16-18,23-24H2,1-2H3/b29-15-,32-25?. The van der Waals surface area contributed by atoms with Gasteiger partial charge in [0.1, 0.15) is 0 Å². The van der Waals surface area contributed by atoms with Gasteiger partial charge in [0.2, 0.25) is 0 Å². The minimum atomic E-state index is 0.713. The molecule has 0 aliphatic heterocycles. The van der Waals surface area contributed by atoms with Crippen molar-refractivity contribution in [1.29, 1.82) is 0 Å². The van der Waals surface area contributed by atoms with Gasteiger partial charge in [-0.3, -0.25) is 4.99 Å². The van der Waals surface area contributed by atoms with Gasteiger partial charge in [-0.2, -0.15) is 0 Å². The Morgan fingerprint density at radius 1 is 1.00 bits per heavy atom. The molecule has 0 heterocycles. The summed E-state index contributed by atoms with van der Waals surface area (Å²) in [6.45, 7) is 8.56. The lowest BCUT2D eigenvalue weighted by atomic mass is 9.88. The van der Waals surface area contributed by atoms with Crippen molar-refractivity contribution < 1.29 is 0 Å². The van der Waals surface area contributed by atoms with Crippen molar-refractivity contribution in [1.82, 2.24) is 0 Å². The van der Waals surface area contributed by atoms with Crippen LogP contribution in [0, 0.1) is 17.8 Å². The third kappa shape index (κ3) is 8.35. The molecule has 0 saturated carbocycles. The monoisotopic (exact) mass is 423 g/mol. The summed E-state index contributed by atoms with van der Waals surface area (Å²) in [5.74, 6) is 7.50. The second-order valence-corrected chi connectivity index (χ2v) is 8.99. The largest absolute Gasteiger partial charge is 0.263 e. The van der Waals surface area contributed by atoms with Gasteiger partial charge in [-0.25, -0.2) is 0 Å². The van der Waals surface area contributed by atoms with Crippen molar-refractivity contribution >= 4 is 5.71 Å². The van der Waals surface area contributed by atoms with Crippen molar-refractivity contribution in [3.8, 4) is 11.8 Å². The van der Waals surface area contributed by atoms with Crippen LogP contribution in [0.3, 0.4) is 0 Å². The Bertz CT molecular complexity index is 980. The molecule has 0 amide bonds. The van der Waals surface area contributed by atoms with E-state index in [0.29, 0.717) is 5.92 Å². The lowest BCUT2D eigenvalue weighted by molar-refractivity contribution is 0.446. The molecule has 0 bridgehead atoms. The SMILES string of the molecule is C=C(Cc1ccc(CC)cc1)N=C(C)CC1CC/C=C(/C#CCc2ccccc2)CCC1. The van der Waals surface area contributed by atoms with E-state index < -0.39 is 0 Å². The van der Waals surface area contributed by atoms with Gasteiger partial charge in [-0.1, -0.05) is 86.0 Å². The lowest BCUT2D eigenvalue weighted by Gasteiger charge is -2.18. The molecule has 0 aromatic heterocycles. The lowest BCUT2D eigenvalue weighted by Crippen LogP contribution is -2.08. The van der Waals surface area contributed by atoms with Crippen LogP contribution in [-0.2, 0) is 19.3 Å². The minimum Gasteiger partial charge on any atom is -0.263 e. The third-order valence-corrected chi connectivity index (χ3v) is 6.18. The second kappa shape index (κ2) is 12.9. The fraction of sp³-hybridized carbons (Fsp3) is 0.387. The number of aliphatic imine (C=N–C) groups is 1. The molecule has 1 heteroatoms. The van der Waals surface area contributed by atoms with E-state index in [4.69, 9.17) is 4.99 Å². The van der Waals surface area contributed by atoms with Crippen LogP contribution in [0.4, 0.5) is 0 Å². The van der Waals surface area contributed by atoms with Gasteiger partial charge in [0, 0.05) is 24.3 Å². The molecule has 32 heavy (non-hydrogen) atoms. The van der Waals surface area contributed by atoms with Gasteiger partial charge < -0.3 is 0 Å². The molecule has 166 valence electrons. The summed E-state index contributed by atoms with van der Waals surface area (Å²) in [5.41, 5.74) is 7.47. The predicted octanol–water partition coefficient (Wildman–Crippen LogP) is 7.91. The number of aryl methyl sites for hydroxylation is 1. The summed E-state index contributed by atoms with van der Waals surface area (Å²) in [4.78, 5) is 4.83. The molecule has 1 unspecified atom stereocenters. The fourth-order valence-electron chi connectivity index (χ4n) is 4.40.